The molecule has 54 valence electrons. The van der Waals surface area contributed by atoms with Gasteiger partial charge in [-0.25, -0.2) is 0 Å². The summed E-state index contributed by atoms with van der Waals surface area (Å²) in [5.41, 5.74) is 0. The Kier molecular flexibility index (Phi) is 4.36. The van der Waals surface area contributed by atoms with E-state index in [0.717, 1.165) is 0 Å². The van der Waals surface area contributed by atoms with Crippen LogP contribution in [0.1, 0.15) is 6.42 Å². The maximum atomic E-state index is 9.11. The first kappa shape index (κ1) is 8.66. The van der Waals surface area contributed by atoms with Crippen LogP contribution in [-0.4, -0.2) is 36.8 Å². The monoisotopic (exact) mass is 129 g/mol. The Morgan fingerprint density at radius 3 is 2.56 bits per heavy atom. The minimum Gasteiger partial charge on any atom is -0.391 e. The van der Waals surface area contributed by atoms with Crippen molar-refractivity contribution in [2.45, 2.75) is 12.5 Å². The van der Waals surface area contributed by atoms with Gasteiger partial charge in [-0.2, -0.15) is 0 Å². The first-order chi connectivity index (χ1) is 4.16. The predicted molar refractivity (Wildman–Crippen MR) is 39.4 cm³/mol. The van der Waals surface area contributed by atoms with E-state index in [4.69, 9.17) is 5.11 Å². The molecule has 0 spiro atoms. The molecule has 0 saturated carbocycles. The third-order valence-corrected chi connectivity index (χ3v) is 1.01. The van der Waals surface area contributed by atoms with Crippen LogP contribution in [0.15, 0.2) is 12.7 Å². The van der Waals surface area contributed by atoms with Crippen LogP contribution in [0.4, 0.5) is 0 Å². The predicted octanol–water partition coefficient (Wildman–Crippen LogP) is 0.485. The van der Waals surface area contributed by atoms with E-state index < -0.39 is 0 Å². The van der Waals surface area contributed by atoms with Crippen molar-refractivity contribution in [3.05, 3.63) is 12.7 Å². The lowest BCUT2D eigenvalue weighted by molar-refractivity contribution is 0.139. The Balaban J connectivity index is 3.25. The topological polar surface area (TPSA) is 23.5 Å². The molecule has 1 unspecified atom stereocenters. The maximum absolute atomic E-state index is 9.11. The Morgan fingerprint density at radius 1 is 1.67 bits per heavy atom. The fourth-order valence-corrected chi connectivity index (χ4v) is 0.688. The van der Waals surface area contributed by atoms with E-state index in [-0.39, 0.29) is 6.10 Å². The highest BCUT2D eigenvalue weighted by atomic mass is 16.3. The van der Waals surface area contributed by atoms with Crippen molar-refractivity contribution in [1.29, 1.82) is 0 Å². The second kappa shape index (κ2) is 4.53. The van der Waals surface area contributed by atoms with Gasteiger partial charge in [0.25, 0.3) is 0 Å². The first-order valence-corrected chi connectivity index (χ1v) is 3.10. The number of rotatable bonds is 4. The largest absolute Gasteiger partial charge is 0.391 e. The molecule has 1 N–H and O–H groups in total. The molecule has 0 aromatic rings. The molecule has 0 aliphatic heterocycles. The molecule has 0 aromatic carbocycles. The molecular formula is C7H15NO. The van der Waals surface area contributed by atoms with Gasteiger partial charge >= 0.3 is 0 Å². The molecular weight excluding hydrogens is 114 g/mol. The number of hydrogen-bond acceptors (Lipinski definition) is 2. The second-order valence-corrected chi connectivity index (χ2v) is 2.44. The van der Waals surface area contributed by atoms with Gasteiger partial charge in [-0.05, 0) is 20.5 Å². The van der Waals surface area contributed by atoms with Crippen LogP contribution in [0.2, 0.25) is 0 Å². The fraction of sp³-hybridized carbons (Fsp3) is 0.714. The number of aliphatic hydroxyl groups excluding tert-OH is 1. The molecule has 0 aromatic heterocycles. The van der Waals surface area contributed by atoms with Gasteiger partial charge in [-0.3, -0.25) is 0 Å². The molecule has 0 heterocycles. The minimum atomic E-state index is -0.252. The van der Waals surface area contributed by atoms with Crippen LogP contribution in [0, 0.1) is 0 Å². The molecule has 0 saturated heterocycles. The third-order valence-electron chi connectivity index (χ3n) is 1.01. The van der Waals surface area contributed by atoms with Crippen molar-refractivity contribution in [3.8, 4) is 0 Å². The molecule has 2 nitrogen and oxygen atoms in total. The van der Waals surface area contributed by atoms with Gasteiger partial charge in [0.1, 0.15) is 0 Å². The number of likely N-dealkylation sites (N-methyl/N-ethyl adjacent to an activating group) is 1. The Labute approximate surface area is 56.8 Å². The van der Waals surface area contributed by atoms with Crippen molar-refractivity contribution in [3.63, 3.8) is 0 Å². The molecule has 0 bridgehead atoms. The summed E-state index contributed by atoms with van der Waals surface area (Å²) in [6, 6.07) is 0. The SMILES string of the molecule is C=CCC(O)CN(C)C. The van der Waals surface area contributed by atoms with Gasteiger partial charge in [0.2, 0.25) is 0 Å². The highest BCUT2D eigenvalue weighted by Crippen LogP contribution is 1.92. The molecule has 9 heavy (non-hydrogen) atoms. The van der Waals surface area contributed by atoms with Crippen LogP contribution >= 0.6 is 0 Å². The second-order valence-electron chi connectivity index (χ2n) is 2.44. The van der Waals surface area contributed by atoms with Crippen molar-refractivity contribution >= 4 is 0 Å². The van der Waals surface area contributed by atoms with Gasteiger partial charge in [0.15, 0.2) is 0 Å². The average Bonchev–Trinajstić information content (AvgIpc) is 1.63. The molecule has 0 aliphatic carbocycles. The average molecular weight is 129 g/mol. The normalized spacial score (nSPS) is 13.8. The summed E-state index contributed by atoms with van der Waals surface area (Å²) < 4.78 is 0. The standard InChI is InChI=1S/C7H15NO/c1-4-5-7(9)6-8(2)3/h4,7,9H,1,5-6H2,2-3H3. The Bertz CT molecular complexity index is 81.0. The van der Waals surface area contributed by atoms with Gasteiger partial charge in [0.05, 0.1) is 6.10 Å². The summed E-state index contributed by atoms with van der Waals surface area (Å²) in [6.45, 7) is 4.24. The van der Waals surface area contributed by atoms with Crippen molar-refractivity contribution in [1.82, 2.24) is 4.90 Å². The summed E-state index contributed by atoms with van der Waals surface area (Å²) in [6.07, 6.45) is 2.16. The number of aliphatic hydroxyl groups is 1. The lowest BCUT2D eigenvalue weighted by Gasteiger charge is -2.13. The maximum Gasteiger partial charge on any atom is 0.0701 e. The molecule has 0 aliphatic rings. The minimum absolute atomic E-state index is 0.252. The third kappa shape index (κ3) is 5.53. The van der Waals surface area contributed by atoms with Crippen LogP contribution in [0.5, 0.6) is 0 Å². The zero-order valence-corrected chi connectivity index (χ0v) is 6.17. The van der Waals surface area contributed by atoms with E-state index in [1.807, 2.05) is 19.0 Å². The van der Waals surface area contributed by atoms with Gasteiger partial charge < -0.3 is 10.0 Å². The van der Waals surface area contributed by atoms with E-state index in [1.165, 1.54) is 0 Å². The van der Waals surface area contributed by atoms with Crippen molar-refractivity contribution in [2.75, 3.05) is 20.6 Å². The van der Waals surface area contributed by atoms with Gasteiger partial charge in [0, 0.05) is 6.54 Å². The lowest BCUT2D eigenvalue weighted by Crippen LogP contribution is -2.24. The fourth-order valence-electron chi connectivity index (χ4n) is 0.688. The van der Waals surface area contributed by atoms with Crippen LogP contribution in [0.25, 0.3) is 0 Å². The Hall–Kier alpha value is -0.340. The lowest BCUT2D eigenvalue weighted by atomic mass is 10.2. The molecule has 0 radical (unpaired) electrons. The Morgan fingerprint density at radius 2 is 2.22 bits per heavy atom. The molecule has 0 fully saturated rings. The van der Waals surface area contributed by atoms with Crippen molar-refractivity contribution in [2.24, 2.45) is 0 Å². The van der Waals surface area contributed by atoms with E-state index >= 15 is 0 Å². The quantitative estimate of drug-likeness (QED) is 0.558. The van der Waals surface area contributed by atoms with E-state index in [2.05, 4.69) is 6.58 Å². The summed E-state index contributed by atoms with van der Waals surface area (Å²) in [4.78, 5) is 1.95. The number of nitrogens with zero attached hydrogens (tertiary/aromatic N) is 1. The van der Waals surface area contributed by atoms with Crippen LogP contribution < -0.4 is 0 Å². The molecule has 0 amide bonds. The zero-order valence-electron chi connectivity index (χ0n) is 6.17. The zero-order chi connectivity index (χ0) is 7.28. The van der Waals surface area contributed by atoms with Crippen LogP contribution in [0.3, 0.4) is 0 Å². The highest BCUT2D eigenvalue weighted by Gasteiger charge is 2.00. The first-order valence-electron chi connectivity index (χ1n) is 3.10. The van der Waals surface area contributed by atoms with E-state index in [9.17, 15) is 0 Å². The summed E-state index contributed by atoms with van der Waals surface area (Å²) >= 11 is 0. The summed E-state index contributed by atoms with van der Waals surface area (Å²) in [7, 11) is 3.87. The summed E-state index contributed by atoms with van der Waals surface area (Å²) in [5.74, 6) is 0. The highest BCUT2D eigenvalue weighted by molar-refractivity contribution is 4.73. The van der Waals surface area contributed by atoms with E-state index in [0.29, 0.717) is 13.0 Å². The molecule has 0 rings (SSSR count). The smallest absolute Gasteiger partial charge is 0.0701 e. The van der Waals surface area contributed by atoms with Gasteiger partial charge in [-0.1, -0.05) is 6.08 Å². The number of hydrogen-bond donors (Lipinski definition) is 1. The summed E-state index contributed by atoms with van der Waals surface area (Å²) in [5, 5.41) is 9.11. The van der Waals surface area contributed by atoms with E-state index in [1.54, 1.807) is 6.08 Å². The molecule has 2 heteroatoms. The molecule has 1 atom stereocenters. The van der Waals surface area contributed by atoms with Crippen molar-refractivity contribution < 1.29 is 5.11 Å². The van der Waals surface area contributed by atoms with Gasteiger partial charge in [-0.15, -0.1) is 6.58 Å². The van der Waals surface area contributed by atoms with Crippen LogP contribution in [-0.2, 0) is 0 Å².